The molecule has 0 atom stereocenters. The van der Waals surface area contributed by atoms with Gasteiger partial charge >= 0.3 is 0 Å². The van der Waals surface area contributed by atoms with Crippen LogP contribution in [-0.4, -0.2) is 26.8 Å². The molecule has 0 aromatic heterocycles. The largest absolute Gasteiger partial charge is 0.491 e. The third-order valence-electron chi connectivity index (χ3n) is 2.72. The highest BCUT2D eigenvalue weighted by molar-refractivity contribution is 7.89. The third-order valence-corrected chi connectivity index (χ3v) is 4.12. The normalized spacial score (nSPS) is 11.8. The van der Waals surface area contributed by atoms with E-state index in [4.69, 9.17) is 4.74 Å². The van der Waals surface area contributed by atoms with Gasteiger partial charge in [0.05, 0.1) is 11.9 Å². The average molecular weight is 285 g/mol. The summed E-state index contributed by atoms with van der Waals surface area (Å²) >= 11 is 0. The summed E-state index contributed by atoms with van der Waals surface area (Å²) in [4.78, 5) is 0. The number of aryl methyl sites for hydroxylation is 1. The second kappa shape index (κ2) is 6.91. The van der Waals surface area contributed by atoms with E-state index >= 15 is 0 Å². The lowest BCUT2D eigenvalue weighted by Crippen LogP contribution is -2.27. The first-order valence-corrected chi connectivity index (χ1v) is 8.23. The predicted octanol–water partition coefficient (Wildman–Crippen LogP) is 2.26. The van der Waals surface area contributed by atoms with Crippen molar-refractivity contribution in [2.24, 2.45) is 0 Å². The number of nitrogens with one attached hydrogen (secondary N) is 1. The van der Waals surface area contributed by atoms with Crippen molar-refractivity contribution in [1.29, 1.82) is 0 Å². The van der Waals surface area contributed by atoms with E-state index in [2.05, 4.69) is 4.72 Å². The van der Waals surface area contributed by atoms with Crippen molar-refractivity contribution >= 4 is 10.0 Å². The van der Waals surface area contributed by atoms with Crippen LogP contribution in [0.1, 0.15) is 31.9 Å². The Labute approximate surface area is 116 Å². The van der Waals surface area contributed by atoms with E-state index in [-0.39, 0.29) is 11.9 Å². The first-order chi connectivity index (χ1) is 8.84. The summed E-state index contributed by atoms with van der Waals surface area (Å²) in [5.74, 6) is 1.00. The molecule has 1 aromatic carbocycles. The Balaban J connectivity index is 2.59. The molecule has 0 saturated heterocycles. The molecule has 1 N–H and O–H groups in total. The molecule has 1 rings (SSSR count). The minimum Gasteiger partial charge on any atom is -0.491 e. The molecule has 0 unspecified atom stereocenters. The van der Waals surface area contributed by atoms with Gasteiger partial charge in [0.1, 0.15) is 5.75 Å². The highest BCUT2D eigenvalue weighted by Crippen LogP contribution is 2.20. The van der Waals surface area contributed by atoms with E-state index in [1.807, 2.05) is 39.0 Å². The van der Waals surface area contributed by atoms with Gasteiger partial charge in [-0.3, -0.25) is 0 Å². The van der Waals surface area contributed by atoms with Crippen molar-refractivity contribution in [3.8, 4) is 5.75 Å². The Bertz CT molecular complexity index is 509. The zero-order valence-corrected chi connectivity index (χ0v) is 12.9. The zero-order chi connectivity index (χ0) is 14.5. The maximum absolute atomic E-state index is 11.3. The lowest BCUT2D eigenvalue weighted by atomic mass is 10.1. The predicted molar refractivity (Wildman–Crippen MR) is 78.1 cm³/mol. The molecule has 0 aliphatic heterocycles. The minimum absolute atomic E-state index is 0.118. The first kappa shape index (κ1) is 16.0. The SMILES string of the molecule is CCS(=O)(=O)NCCc1ccc(OC(C)C)c(C)c1. The van der Waals surface area contributed by atoms with E-state index in [9.17, 15) is 8.42 Å². The van der Waals surface area contributed by atoms with Gasteiger partial charge in [0.2, 0.25) is 10.0 Å². The lowest BCUT2D eigenvalue weighted by molar-refractivity contribution is 0.240. The first-order valence-electron chi connectivity index (χ1n) is 6.57. The van der Waals surface area contributed by atoms with Crippen LogP contribution < -0.4 is 9.46 Å². The summed E-state index contributed by atoms with van der Waals surface area (Å²) in [7, 11) is -3.10. The van der Waals surface area contributed by atoms with Crippen LogP contribution in [0, 0.1) is 6.92 Å². The van der Waals surface area contributed by atoms with Crippen molar-refractivity contribution in [2.45, 2.75) is 40.2 Å². The molecule has 0 spiro atoms. The van der Waals surface area contributed by atoms with Crippen molar-refractivity contribution in [3.63, 3.8) is 0 Å². The molecule has 0 fully saturated rings. The van der Waals surface area contributed by atoms with Crippen LogP contribution in [0.5, 0.6) is 5.75 Å². The van der Waals surface area contributed by atoms with Gasteiger partial charge in [0, 0.05) is 6.54 Å². The second-order valence-electron chi connectivity index (χ2n) is 4.81. The Morgan fingerprint density at radius 3 is 2.53 bits per heavy atom. The fourth-order valence-electron chi connectivity index (χ4n) is 1.71. The van der Waals surface area contributed by atoms with Crippen molar-refractivity contribution in [2.75, 3.05) is 12.3 Å². The van der Waals surface area contributed by atoms with Crippen LogP contribution in [0.4, 0.5) is 0 Å². The Hall–Kier alpha value is -1.07. The molecule has 19 heavy (non-hydrogen) atoms. The van der Waals surface area contributed by atoms with Gasteiger partial charge in [-0.25, -0.2) is 13.1 Å². The fraction of sp³-hybridized carbons (Fsp3) is 0.571. The van der Waals surface area contributed by atoms with Crippen LogP contribution >= 0.6 is 0 Å². The summed E-state index contributed by atoms with van der Waals surface area (Å²) in [6.07, 6.45) is 0.836. The number of hydrogen-bond acceptors (Lipinski definition) is 3. The zero-order valence-electron chi connectivity index (χ0n) is 12.1. The maximum atomic E-state index is 11.3. The van der Waals surface area contributed by atoms with Crippen LogP contribution in [0.2, 0.25) is 0 Å². The van der Waals surface area contributed by atoms with E-state index in [1.54, 1.807) is 6.92 Å². The number of rotatable bonds is 7. The summed E-state index contributed by atoms with van der Waals surface area (Å²) in [6.45, 7) is 8.04. The minimum atomic E-state index is -3.10. The van der Waals surface area contributed by atoms with Gasteiger partial charge in [-0.05, 0) is 51.3 Å². The Kier molecular flexibility index (Phi) is 5.82. The monoisotopic (exact) mass is 285 g/mol. The molecule has 1 aromatic rings. The van der Waals surface area contributed by atoms with Gasteiger partial charge in [-0.15, -0.1) is 0 Å². The van der Waals surface area contributed by atoms with Gasteiger partial charge in [-0.1, -0.05) is 12.1 Å². The third kappa shape index (κ3) is 5.61. The second-order valence-corrected chi connectivity index (χ2v) is 6.91. The standard InChI is InChI=1S/C14H23NO3S/c1-5-19(16,17)15-9-8-13-6-7-14(12(4)10-13)18-11(2)3/h6-7,10-11,15H,5,8-9H2,1-4H3. The van der Waals surface area contributed by atoms with Crippen molar-refractivity contribution < 1.29 is 13.2 Å². The molecule has 0 amide bonds. The topological polar surface area (TPSA) is 55.4 Å². The summed E-state index contributed by atoms with van der Waals surface area (Å²) < 4.78 is 30.8. The van der Waals surface area contributed by atoms with Gasteiger partial charge in [0.15, 0.2) is 0 Å². The molecule has 0 aliphatic carbocycles. The van der Waals surface area contributed by atoms with Crippen molar-refractivity contribution in [3.05, 3.63) is 29.3 Å². The molecule has 108 valence electrons. The molecule has 0 heterocycles. The molecule has 0 aliphatic rings. The highest BCUT2D eigenvalue weighted by atomic mass is 32.2. The molecule has 0 radical (unpaired) electrons. The number of sulfonamides is 1. The van der Waals surface area contributed by atoms with E-state index in [0.29, 0.717) is 13.0 Å². The highest BCUT2D eigenvalue weighted by Gasteiger charge is 2.06. The lowest BCUT2D eigenvalue weighted by Gasteiger charge is -2.13. The van der Waals surface area contributed by atoms with Gasteiger partial charge < -0.3 is 4.74 Å². The number of hydrogen-bond donors (Lipinski definition) is 1. The average Bonchev–Trinajstić information content (AvgIpc) is 2.32. The van der Waals surface area contributed by atoms with E-state index in [0.717, 1.165) is 16.9 Å². The van der Waals surface area contributed by atoms with Crippen LogP contribution in [0.15, 0.2) is 18.2 Å². The molecule has 5 heteroatoms. The van der Waals surface area contributed by atoms with E-state index < -0.39 is 10.0 Å². The molecular weight excluding hydrogens is 262 g/mol. The molecule has 0 saturated carbocycles. The Morgan fingerprint density at radius 1 is 1.32 bits per heavy atom. The summed E-state index contributed by atoms with van der Waals surface area (Å²) in [5.41, 5.74) is 2.18. The van der Waals surface area contributed by atoms with Gasteiger partial charge in [0.25, 0.3) is 0 Å². The quantitative estimate of drug-likeness (QED) is 0.836. The smallest absolute Gasteiger partial charge is 0.211 e. The Morgan fingerprint density at radius 2 is 2.00 bits per heavy atom. The van der Waals surface area contributed by atoms with Crippen LogP contribution in [0.3, 0.4) is 0 Å². The fourth-order valence-corrected chi connectivity index (χ4v) is 2.32. The number of benzene rings is 1. The summed E-state index contributed by atoms with van der Waals surface area (Å²) in [6, 6.07) is 5.96. The molecular formula is C14H23NO3S. The molecule has 0 bridgehead atoms. The van der Waals surface area contributed by atoms with Gasteiger partial charge in [-0.2, -0.15) is 0 Å². The van der Waals surface area contributed by atoms with E-state index in [1.165, 1.54) is 0 Å². The van der Waals surface area contributed by atoms with Crippen LogP contribution in [0.25, 0.3) is 0 Å². The van der Waals surface area contributed by atoms with Crippen LogP contribution in [-0.2, 0) is 16.4 Å². The number of ether oxygens (including phenoxy) is 1. The maximum Gasteiger partial charge on any atom is 0.211 e. The van der Waals surface area contributed by atoms with Crippen molar-refractivity contribution in [1.82, 2.24) is 4.72 Å². The molecule has 4 nitrogen and oxygen atoms in total. The summed E-state index contributed by atoms with van der Waals surface area (Å²) in [5, 5.41) is 0.